The lowest BCUT2D eigenvalue weighted by Crippen LogP contribution is -2.19. The number of ether oxygens (including phenoxy) is 2. The lowest BCUT2D eigenvalue weighted by molar-refractivity contribution is 0.208. The summed E-state index contributed by atoms with van der Waals surface area (Å²) in [5.74, 6) is 1.47. The molecular weight excluding hydrogens is 228 g/mol. The van der Waals surface area contributed by atoms with E-state index in [1.165, 1.54) is 0 Å². The fourth-order valence-corrected chi connectivity index (χ4v) is 1.63. The van der Waals surface area contributed by atoms with Gasteiger partial charge in [0, 0.05) is 18.8 Å². The van der Waals surface area contributed by atoms with E-state index in [1.54, 1.807) is 13.3 Å². The summed E-state index contributed by atoms with van der Waals surface area (Å²) in [6.07, 6.45) is 1.48. The van der Waals surface area contributed by atoms with Gasteiger partial charge in [-0.2, -0.15) is 0 Å². The van der Waals surface area contributed by atoms with Gasteiger partial charge in [0.15, 0.2) is 6.10 Å². The Morgan fingerprint density at radius 2 is 2.00 bits per heavy atom. The van der Waals surface area contributed by atoms with Crippen LogP contribution in [0.4, 0.5) is 0 Å². The van der Waals surface area contributed by atoms with Gasteiger partial charge in [-0.15, -0.1) is 0 Å². The van der Waals surface area contributed by atoms with Gasteiger partial charge in [0.25, 0.3) is 0 Å². The van der Waals surface area contributed by atoms with Gasteiger partial charge in [-0.3, -0.25) is 4.98 Å². The molecule has 4 nitrogen and oxygen atoms in total. The second-order valence-corrected chi connectivity index (χ2v) is 3.78. The van der Waals surface area contributed by atoms with E-state index in [2.05, 4.69) is 4.98 Å². The Hall–Kier alpha value is -2.07. The molecule has 1 aromatic carbocycles. The Morgan fingerprint density at radius 3 is 2.67 bits per heavy atom. The van der Waals surface area contributed by atoms with Crippen molar-refractivity contribution >= 4 is 0 Å². The highest BCUT2D eigenvalue weighted by atomic mass is 16.5. The first-order chi connectivity index (χ1) is 8.83. The monoisotopic (exact) mass is 244 g/mol. The summed E-state index contributed by atoms with van der Waals surface area (Å²) >= 11 is 0. The molecule has 1 unspecified atom stereocenters. The van der Waals surface area contributed by atoms with Gasteiger partial charge in [-0.05, 0) is 24.3 Å². The van der Waals surface area contributed by atoms with Crippen LogP contribution >= 0.6 is 0 Å². The molecule has 0 spiro atoms. The quantitative estimate of drug-likeness (QED) is 0.875. The molecule has 0 saturated carbocycles. The van der Waals surface area contributed by atoms with Crippen molar-refractivity contribution in [3.8, 4) is 11.5 Å². The van der Waals surface area contributed by atoms with Crippen LogP contribution in [0.3, 0.4) is 0 Å². The molecule has 18 heavy (non-hydrogen) atoms. The van der Waals surface area contributed by atoms with Gasteiger partial charge in [0.05, 0.1) is 12.8 Å². The molecule has 2 rings (SSSR count). The topological polar surface area (TPSA) is 57.4 Å². The van der Waals surface area contributed by atoms with Crippen LogP contribution in [0.15, 0.2) is 48.7 Å². The fourth-order valence-electron chi connectivity index (χ4n) is 1.63. The second kappa shape index (κ2) is 6.02. The van der Waals surface area contributed by atoms with E-state index in [9.17, 15) is 0 Å². The highest BCUT2D eigenvalue weighted by Gasteiger charge is 2.12. The number of aromatic nitrogens is 1. The molecule has 0 bridgehead atoms. The van der Waals surface area contributed by atoms with E-state index in [4.69, 9.17) is 15.2 Å². The van der Waals surface area contributed by atoms with Crippen LogP contribution in [0.1, 0.15) is 11.8 Å². The van der Waals surface area contributed by atoms with Crippen molar-refractivity contribution in [2.24, 2.45) is 5.73 Å². The minimum atomic E-state index is -0.252. The number of nitrogens with zero attached hydrogens (tertiary/aromatic N) is 1. The van der Waals surface area contributed by atoms with E-state index in [-0.39, 0.29) is 6.10 Å². The van der Waals surface area contributed by atoms with Crippen LogP contribution in [-0.4, -0.2) is 18.6 Å². The molecule has 94 valence electrons. The maximum Gasteiger partial charge on any atom is 0.153 e. The first kappa shape index (κ1) is 12.4. The number of hydrogen-bond donors (Lipinski definition) is 1. The molecule has 0 fully saturated rings. The Kier molecular flexibility index (Phi) is 4.15. The summed E-state index contributed by atoms with van der Waals surface area (Å²) in [5, 5.41) is 0. The van der Waals surface area contributed by atoms with Crippen LogP contribution in [0.2, 0.25) is 0 Å². The zero-order valence-corrected chi connectivity index (χ0v) is 10.2. The minimum Gasteiger partial charge on any atom is -0.497 e. The van der Waals surface area contributed by atoms with Crippen molar-refractivity contribution in [3.05, 3.63) is 54.4 Å². The molecule has 0 aliphatic rings. The maximum atomic E-state index is 5.82. The van der Waals surface area contributed by atoms with Crippen LogP contribution in [-0.2, 0) is 0 Å². The predicted octanol–water partition coefficient (Wildman–Crippen LogP) is 2.17. The number of benzene rings is 1. The van der Waals surface area contributed by atoms with E-state index in [0.29, 0.717) is 6.54 Å². The summed E-state index contributed by atoms with van der Waals surface area (Å²) in [4.78, 5) is 4.25. The Balaban J connectivity index is 2.15. The third kappa shape index (κ3) is 2.99. The van der Waals surface area contributed by atoms with Crippen LogP contribution in [0.25, 0.3) is 0 Å². The summed E-state index contributed by atoms with van der Waals surface area (Å²) in [5.41, 5.74) is 6.55. The van der Waals surface area contributed by atoms with Crippen molar-refractivity contribution < 1.29 is 9.47 Å². The number of rotatable bonds is 5. The summed E-state index contributed by atoms with van der Waals surface area (Å²) < 4.78 is 11.0. The van der Waals surface area contributed by atoms with Crippen LogP contribution in [0, 0.1) is 0 Å². The summed E-state index contributed by atoms with van der Waals surface area (Å²) in [6.45, 7) is 0.369. The lowest BCUT2D eigenvalue weighted by Gasteiger charge is -2.17. The molecule has 0 aliphatic heterocycles. The summed E-state index contributed by atoms with van der Waals surface area (Å²) in [6, 6.07) is 13.1. The van der Waals surface area contributed by atoms with Crippen molar-refractivity contribution in [1.82, 2.24) is 4.98 Å². The average Bonchev–Trinajstić information content (AvgIpc) is 2.46. The van der Waals surface area contributed by atoms with Gasteiger partial charge in [0.2, 0.25) is 0 Å². The first-order valence-corrected chi connectivity index (χ1v) is 5.75. The van der Waals surface area contributed by atoms with Crippen LogP contribution < -0.4 is 15.2 Å². The standard InChI is InChI=1S/C14H16N2O2/c1-17-11-5-4-6-12(9-11)18-14(10-15)13-7-2-3-8-16-13/h2-9,14H,10,15H2,1H3. The minimum absolute atomic E-state index is 0.252. The van der Waals surface area contributed by atoms with Gasteiger partial charge in [0.1, 0.15) is 11.5 Å². The lowest BCUT2D eigenvalue weighted by atomic mass is 10.2. The third-order valence-electron chi connectivity index (χ3n) is 2.55. The highest BCUT2D eigenvalue weighted by Crippen LogP contribution is 2.23. The molecule has 1 aromatic heterocycles. The van der Waals surface area contributed by atoms with Gasteiger partial charge in [-0.25, -0.2) is 0 Å². The Bertz CT molecular complexity index is 488. The summed E-state index contributed by atoms with van der Waals surface area (Å²) in [7, 11) is 1.62. The van der Waals surface area contributed by atoms with Gasteiger partial charge in [-0.1, -0.05) is 12.1 Å². The smallest absolute Gasteiger partial charge is 0.153 e. The largest absolute Gasteiger partial charge is 0.497 e. The average molecular weight is 244 g/mol. The molecule has 2 aromatic rings. The molecule has 0 saturated heterocycles. The Labute approximate surface area is 106 Å². The highest BCUT2D eigenvalue weighted by molar-refractivity contribution is 5.33. The zero-order chi connectivity index (χ0) is 12.8. The first-order valence-electron chi connectivity index (χ1n) is 5.75. The predicted molar refractivity (Wildman–Crippen MR) is 69.7 cm³/mol. The van der Waals surface area contributed by atoms with Crippen molar-refractivity contribution in [1.29, 1.82) is 0 Å². The van der Waals surface area contributed by atoms with Crippen molar-refractivity contribution in [3.63, 3.8) is 0 Å². The molecule has 2 N–H and O–H groups in total. The number of hydrogen-bond acceptors (Lipinski definition) is 4. The zero-order valence-electron chi connectivity index (χ0n) is 10.2. The molecule has 4 heteroatoms. The van der Waals surface area contributed by atoms with Gasteiger partial charge < -0.3 is 15.2 Å². The van der Waals surface area contributed by atoms with Crippen LogP contribution in [0.5, 0.6) is 11.5 Å². The fraction of sp³-hybridized carbons (Fsp3) is 0.214. The molecule has 0 amide bonds. The molecule has 0 radical (unpaired) electrons. The van der Waals surface area contributed by atoms with E-state index in [0.717, 1.165) is 17.2 Å². The van der Waals surface area contributed by atoms with E-state index >= 15 is 0 Å². The van der Waals surface area contributed by atoms with Crippen molar-refractivity contribution in [2.45, 2.75) is 6.10 Å². The van der Waals surface area contributed by atoms with Crippen molar-refractivity contribution in [2.75, 3.05) is 13.7 Å². The second-order valence-electron chi connectivity index (χ2n) is 3.78. The third-order valence-corrected chi connectivity index (χ3v) is 2.55. The number of pyridine rings is 1. The number of methoxy groups -OCH3 is 1. The maximum absolute atomic E-state index is 5.82. The molecular formula is C14H16N2O2. The van der Waals surface area contributed by atoms with Gasteiger partial charge >= 0.3 is 0 Å². The van der Waals surface area contributed by atoms with E-state index < -0.39 is 0 Å². The molecule has 1 atom stereocenters. The van der Waals surface area contributed by atoms with E-state index in [1.807, 2.05) is 42.5 Å². The normalized spacial score (nSPS) is 11.9. The molecule has 1 heterocycles. The number of nitrogens with two attached hydrogens (primary N) is 1. The Morgan fingerprint density at radius 1 is 1.17 bits per heavy atom. The molecule has 0 aliphatic carbocycles. The SMILES string of the molecule is COc1cccc(OC(CN)c2ccccn2)c1.